The van der Waals surface area contributed by atoms with Crippen molar-refractivity contribution < 1.29 is 28.6 Å². The molecule has 0 aromatic heterocycles. The summed E-state index contributed by atoms with van der Waals surface area (Å²) in [5.74, 6) is 0.762. The molecule has 0 rings (SSSR count). The van der Waals surface area contributed by atoms with Gasteiger partial charge in [-0.15, -0.1) is 0 Å². The molecule has 0 saturated carbocycles. The lowest BCUT2D eigenvalue weighted by molar-refractivity contribution is -0.167. The lowest BCUT2D eigenvalue weighted by Crippen LogP contribution is -2.30. The van der Waals surface area contributed by atoms with Gasteiger partial charge in [-0.25, -0.2) is 0 Å². The monoisotopic (exact) mass is 793 g/mol. The van der Waals surface area contributed by atoms with E-state index in [9.17, 15) is 14.4 Å². The number of hydrogen-bond donors (Lipinski definition) is 0. The Bertz CT molecular complexity index is 854. The highest BCUT2D eigenvalue weighted by Gasteiger charge is 2.19. The molecule has 0 saturated heterocycles. The van der Waals surface area contributed by atoms with Gasteiger partial charge in [0, 0.05) is 19.3 Å². The fourth-order valence-corrected chi connectivity index (χ4v) is 7.46. The molecule has 0 aliphatic heterocycles. The topological polar surface area (TPSA) is 78.9 Å². The summed E-state index contributed by atoms with van der Waals surface area (Å²) < 4.78 is 16.8. The zero-order chi connectivity index (χ0) is 41.2. The molecule has 0 aliphatic rings. The minimum absolute atomic E-state index is 0.0645. The summed E-state index contributed by atoms with van der Waals surface area (Å²) in [7, 11) is 0. The Morgan fingerprint density at radius 1 is 0.339 bits per heavy atom. The first kappa shape index (κ1) is 54.4. The number of carbonyl (C=O) groups is 3. The van der Waals surface area contributed by atoms with Gasteiger partial charge in [0.15, 0.2) is 6.10 Å². The molecular formula is C50H96O6. The zero-order valence-corrected chi connectivity index (χ0v) is 38.3. The van der Waals surface area contributed by atoms with Gasteiger partial charge >= 0.3 is 17.9 Å². The summed E-state index contributed by atoms with van der Waals surface area (Å²) in [5, 5.41) is 0. The average Bonchev–Trinajstić information content (AvgIpc) is 3.16. The predicted octanol–water partition coefficient (Wildman–Crippen LogP) is 15.8. The minimum Gasteiger partial charge on any atom is -0.462 e. The van der Waals surface area contributed by atoms with E-state index in [1.807, 2.05) is 0 Å². The van der Waals surface area contributed by atoms with Crippen LogP contribution in [0.5, 0.6) is 0 Å². The molecule has 0 aliphatic carbocycles. The van der Waals surface area contributed by atoms with Crippen molar-refractivity contribution in [2.45, 2.75) is 278 Å². The number of ether oxygens (including phenoxy) is 3. The van der Waals surface area contributed by atoms with E-state index in [-0.39, 0.29) is 31.1 Å². The number of carbonyl (C=O) groups excluding carboxylic acids is 3. The van der Waals surface area contributed by atoms with Gasteiger partial charge in [-0.3, -0.25) is 14.4 Å². The Balaban J connectivity index is 4.30. The SMILES string of the molecule is CCCCCCCCCCCCCCCC(=O)O[C@H](COC(=O)CCCCCCCCCCCCCCC(C)C)COC(=O)CCCCCCCCCC(C)C. The summed E-state index contributed by atoms with van der Waals surface area (Å²) in [5.41, 5.74) is 0. The van der Waals surface area contributed by atoms with Crippen molar-refractivity contribution in [2.24, 2.45) is 11.8 Å². The van der Waals surface area contributed by atoms with E-state index in [2.05, 4.69) is 34.6 Å². The molecule has 0 amide bonds. The van der Waals surface area contributed by atoms with Crippen molar-refractivity contribution in [3.8, 4) is 0 Å². The van der Waals surface area contributed by atoms with Crippen molar-refractivity contribution in [2.75, 3.05) is 13.2 Å². The molecule has 1 atom stereocenters. The summed E-state index contributed by atoms with van der Waals surface area (Å²) in [6.45, 7) is 11.3. The van der Waals surface area contributed by atoms with E-state index in [0.29, 0.717) is 19.3 Å². The first-order valence-corrected chi connectivity index (χ1v) is 24.7. The van der Waals surface area contributed by atoms with Crippen molar-refractivity contribution in [3.63, 3.8) is 0 Å². The molecule has 0 N–H and O–H groups in total. The number of esters is 3. The molecule has 0 aromatic rings. The third kappa shape index (κ3) is 43.5. The molecular weight excluding hydrogens is 697 g/mol. The molecule has 0 unspecified atom stereocenters. The average molecular weight is 793 g/mol. The van der Waals surface area contributed by atoms with Gasteiger partial charge in [0.05, 0.1) is 0 Å². The molecule has 0 aromatic carbocycles. The highest BCUT2D eigenvalue weighted by Crippen LogP contribution is 2.17. The molecule has 0 bridgehead atoms. The van der Waals surface area contributed by atoms with E-state index in [1.54, 1.807) is 0 Å². The first-order valence-electron chi connectivity index (χ1n) is 24.7. The second kappa shape index (κ2) is 43.0. The second-order valence-corrected chi connectivity index (χ2v) is 18.1. The van der Waals surface area contributed by atoms with E-state index in [1.165, 1.54) is 161 Å². The van der Waals surface area contributed by atoms with E-state index in [4.69, 9.17) is 14.2 Å². The fourth-order valence-electron chi connectivity index (χ4n) is 7.46. The molecule has 0 spiro atoms. The number of rotatable bonds is 44. The number of unbranched alkanes of at least 4 members (excludes halogenated alkanes) is 29. The molecule has 332 valence electrons. The Hall–Kier alpha value is -1.59. The van der Waals surface area contributed by atoms with Gasteiger partial charge in [-0.2, -0.15) is 0 Å². The molecule has 0 radical (unpaired) electrons. The van der Waals surface area contributed by atoms with Gasteiger partial charge in [-0.05, 0) is 31.1 Å². The molecule has 6 nitrogen and oxygen atoms in total. The van der Waals surface area contributed by atoms with Gasteiger partial charge in [0.25, 0.3) is 0 Å². The molecule has 0 fully saturated rings. The van der Waals surface area contributed by atoms with Gasteiger partial charge in [0.1, 0.15) is 13.2 Å². The van der Waals surface area contributed by atoms with Crippen LogP contribution in [0.15, 0.2) is 0 Å². The Labute approximate surface area is 348 Å². The van der Waals surface area contributed by atoms with Gasteiger partial charge in [0.2, 0.25) is 0 Å². The minimum atomic E-state index is -0.761. The molecule has 56 heavy (non-hydrogen) atoms. The Kier molecular flexibility index (Phi) is 41.8. The largest absolute Gasteiger partial charge is 0.462 e. The van der Waals surface area contributed by atoms with Gasteiger partial charge in [-0.1, -0.05) is 234 Å². The maximum atomic E-state index is 12.7. The molecule has 0 heterocycles. The Morgan fingerprint density at radius 3 is 0.875 bits per heavy atom. The zero-order valence-electron chi connectivity index (χ0n) is 38.3. The van der Waals surface area contributed by atoms with Crippen LogP contribution in [0.4, 0.5) is 0 Å². The Morgan fingerprint density at radius 2 is 0.589 bits per heavy atom. The normalized spacial score (nSPS) is 12.1. The van der Waals surface area contributed by atoms with Crippen LogP contribution >= 0.6 is 0 Å². The summed E-state index contributed by atoms with van der Waals surface area (Å²) >= 11 is 0. The third-order valence-corrected chi connectivity index (χ3v) is 11.2. The quantitative estimate of drug-likeness (QED) is 0.0347. The van der Waals surface area contributed by atoms with Crippen molar-refractivity contribution >= 4 is 17.9 Å². The summed E-state index contributed by atoms with van der Waals surface area (Å²) in [6.07, 6.45) is 42.3. The van der Waals surface area contributed by atoms with Crippen molar-refractivity contribution in [1.29, 1.82) is 0 Å². The summed E-state index contributed by atoms with van der Waals surface area (Å²) in [4.78, 5) is 37.8. The van der Waals surface area contributed by atoms with Crippen LogP contribution in [-0.2, 0) is 28.6 Å². The first-order chi connectivity index (χ1) is 27.2. The van der Waals surface area contributed by atoms with Crippen molar-refractivity contribution in [1.82, 2.24) is 0 Å². The fraction of sp³-hybridized carbons (Fsp3) is 0.940. The second-order valence-electron chi connectivity index (χ2n) is 18.1. The van der Waals surface area contributed by atoms with Crippen LogP contribution in [-0.4, -0.2) is 37.2 Å². The molecule has 6 heteroatoms. The highest BCUT2D eigenvalue weighted by molar-refractivity contribution is 5.71. The summed E-state index contributed by atoms with van der Waals surface area (Å²) in [6, 6.07) is 0. The highest BCUT2D eigenvalue weighted by atomic mass is 16.6. The van der Waals surface area contributed by atoms with E-state index in [0.717, 1.165) is 69.6 Å². The maximum Gasteiger partial charge on any atom is 0.306 e. The lowest BCUT2D eigenvalue weighted by atomic mass is 10.0. The van der Waals surface area contributed by atoms with Crippen molar-refractivity contribution in [3.05, 3.63) is 0 Å². The van der Waals surface area contributed by atoms with Crippen LogP contribution in [0, 0.1) is 11.8 Å². The van der Waals surface area contributed by atoms with E-state index >= 15 is 0 Å². The van der Waals surface area contributed by atoms with Crippen LogP contribution in [0.25, 0.3) is 0 Å². The lowest BCUT2D eigenvalue weighted by Gasteiger charge is -2.18. The predicted molar refractivity (Wildman–Crippen MR) is 238 cm³/mol. The number of hydrogen-bond acceptors (Lipinski definition) is 6. The standard InChI is InChI=1S/C50H96O6/c1-6-7-8-9-10-11-12-13-18-21-26-32-37-42-50(53)56-47(44-55-49(52)41-36-31-27-22-24-29-34-39-46(4)5)43-54-48(51)40-35-30-25-20-17-15-14-16-19-23-28-33-38-45(2)3/h45-47H,6-44H2,1-5H3/t47-/m1/s1. The maximum absolute atomic E-state index is 12.7. The third-order valence-electron chi connectivity index (χ3n) is 11.2. The van der Waals surface area contributed by atoms with Crippen LogP contribution < -0.4 is 0 Å². The smallest absolute Gasteiger partial charge is 0.306 e. The van der Waals surface area contributed by atoms with Crippen LogP contribution in [0.1, 0.15) is 272 Å². The van der Waals surface area contributed by atoms with E-state index < -0.39 is 6.10 Å². The van der Waals surface area contributed by atoms with Gasteiger partial charge < -0.3 is 14.2 Å². The van der Waals surface area contributed by atoms with Crippen LogP contribution in [0.3, 0.4) is 0 Å². The van der Waals surface area contributed by atoms with Crippen LogP contribution in [0.2, 0.25) is 0 Å².